The van der Waals surface area contributed by atoms with Gasteiger partial charge >= 0.3 is 0 Å². The first kappa shape index (κ1) is 21.2. The Bertz CT molecular complexity index is 928. The molecule has 0 spiro atoms. The van der Waals surface area contributed by atoms with E-state index < -0.39 is 10.0 Å². The Balaban J connectivity index is 2.12. The third-order valence-corrected chi connectivity index (χ3v) is 6.39. The van der Waals surface area contributed by atoms with Crippen molar-refractivity contribution in [3.8, 4) is 11.5 Å². The summed E-state index contributed by atoms with van der Waals surface area (Å²) < 4.78 is 36.5. The van der Waals surface area contributed by atoms with E-state index in [4.69, 9.17) is 9.47 Å². The first-order valence-corrected chi connectivity index (χ1v) is 10.1. The SMILES string of the molecule is COc1cc(Br)c(CC(=O)Nc2ccc(S(=O)(=O)N(C)C)cc2)cc1OC. The Morgan fingerprint density at radius 1 is 1.07 bits per heavy atom. The minimum atomic E-state index is -3.50. The zero-order chi connectivity index (χ0) is 20.2. The van der Waals surface area contributed by atoms with E-state index in [1.54, 1.807) is 24.3 Å². The lowest BCUT2D eigenvalue weighted by molar-refractivity contribution is -0.115. The Morgan fingerprint density at radius 2 is 1.63 bits per heavy atom. The van der Waals surface area contributed by atoms with Gasteiger partial charge in [-0.1, -0.05) is 15.9 Å². The van der Waals surface area contributed by atoms with E-state index in [1.165, 1.54) is 40.4 Å². The highest BCUT2D eigenvalue weighted by molar-refractivity contribution is 9.10. The molecule has 2 rings (SSSR count). The summed E-state index contributed by atoms with van der Waals surface area (Å²) in [6, 6.07) is 9.49. The largest absolute Gasteiger partial charge is 0.493 e. The fraction of sp³-hybridized carbons (Fsp3) is 0.278. The van der Waals surface area contributed by atoms with Crippen LogP contribution in [0.5, 0.6) is 11.5 Å². The molecular weight excluding hydrogens is 436 g/mol. The summed E-state index contributed by atoms with van der Waals surface area (Å²) in [6.07, 6.45) is 0.110. The van der Waals surface area contributed by atoms with Crippen molar-refractivity contribution in [1.82, 2.24) is 4.31 Å². The van der Waals surface area contributed by atoms with Crippen LogP contribution in [0.4, 0.5) is 5.69 Å². The van der Waals surface area contributed by atoms with Gasteiger partial charge in [-0.05, 0) is 42.0 Å². The van der Waals surface area contributed by atoms with Crippen LogP contribution in [-0.2, 0) is 21.2 Å². The molecule has 0 aliphatic rings. The second-order valence-corrected chi connectivity index (χ2v) is 8.84. The van der Waals surface area contributed by atoms with E-state index in [0.717, 1.165) is 14.3 Å². The fourth-order valence-electron chi connectivity index (χ4n) is 2.33. The van der Waals surface area contributed by atoms with E-state index in [-0.39, 0.29) is 17.2 Å². The van der Waals surface area contributed by atoms with Gasteiger partial charge in [0, 0.05) is 24.3 Å². The average Bonchev–Trinajstić information content (AvgIpc) is 2.63. The van der Waals surface area contributed by atoms with Crippen molar-refractivity contribution in [2.75, 3.05) is 33.6 Å². The Labute approximate surface area is 167 Å². The summed E-state index contributed by atoms with van der Waals surface area (Å²) in [5.74, 6) is 0.846. The van der Waals surface area contributed by atoms with Crippen molar-refractivity contribution < 1.29 is 22.7 Å². The van der Waals surface area contributed by atoms with Gasteiger partial charge in [0.15, 0.2) is 11.5 Å². The summed E-state index contributed by atoms with van der Waals surface area (Å²) in [5, 5.41) is 2.75. The van der Waals surface area contributed by atoms with Crippen molar-refractivity contribution in [2.45, 2.75) is 11.3 Å². The van der Waals surface area contributed by atoms with Crippen LogP contribution in [0.3, 0.4) is 0 Å². The molecule has 27 heavy (non-hydrogen) atoms. The molecule has 2 aromatic carbocycles. The van der Waals surface area contributed by atoms with Gasteiger partial charge in [-0.2, -0.15) is 0 Å². The molecule has 9 heteroatoms. The number of halogens is 1. The van der Waals surface area contributed by atoms with Crippen LogP contribution >= 0.6 is 15.9 Å². The minimum absolute atomic E-state index is 0.110. The smallest absolute Gasteiger partial charge is 0.242 e. The second-order valence-electron chi connectivity index (χ2n) is 5.84. The highest BCUT2D eigenvalue weighted by Gasteiger charge is 2.17. The standard InChI is InChI=1S/C18H21BrN2O5S/c1-21(2)27(23,24)14-7-5-13(6-8-14)20-18(22)10-12-9-16(25-3)17(26-4)11-15(12)19/h5-9,11H,10H2,1-4H3,(H,20,22). The Kier molecular flexibility index (Phi) is 6.85. The first-order valence-electron chi connectivity index (χ1n) is 7.92. The number of ether oxygens (including phenoxy) is 2. The number of nitrogens with zero attached hydrogens (tertiary/aromatic N) is 1. The maximum absolute atomic E-state index is 12.3. The molecule has 0 bridgehead atoms. The average molecular weight is 457 g/mol. The molecule has 0 unspecified atom stereocenters. The van der Waals surface area contributed by atoms with Crippen LogP contribution in [0.15, 0.2) is 45.8 Å². The topological polar surface area (TPSA) is 84.9 Å². The number of benzene rings is 2. The first-order chi connectivity index (χ1) is 12.7. The summed E-state index contributed by atoms with van der Waals surface area (Å²) >= 11 is 3.42. The number of anilines is 1. The van der Waals surface area contributed by atoms with Crippen LogP contribution in [0, 0.1) is 0 Å². The molecule has 1 N–H and O–H groups in total. The monoisotopic (exact) mass is 456 g/mol. The van der Waals surface area contributed by atoms with Gasteiger partial charge in [0.05, 0.1) is 25.5 Å². The molecule has 0 saturated heterocycles. The molecule has 146 valence electrons. The predicted octanol–water partition coefficient (Wildman–Crippen LogP) is 2.90. The normalized spacial score (nSPS) is 11.3. The number of carbonyl (C=O) groups is 1. The van der Waals surface area contributed by atoms with E-state index >= 15 is 0 Å². The third kappa shape index (κ3) is 5.00. The molecule has 2 aromatic rings. The number of methoxy groups -OCH3 is 2. The molecule has 0 fully saturated rings. The zero-order valence-electron chi connectivity index (χ0n) is 15.4. The second kappa shape index (κ2) is 8.73. The molecule has 0 aromatic heterocycles. The number of carbonyl (C=O) groups excluding carboxylic acids is 1. The van der Waals surface area contributed by atoms with E-state index in [9.17, 15) is 13.2 Å². The minimum Gasteiger partial charge on any atom is -0.493 e. The van der Waals surface area contributed by atoms with Crippen molar-refractivity contribution >= 4 is 37.5 Å². The predicted molar refractivity (Wildman–Crippen MR) is 107 cm³/mol. The van der Waals surface area contributed by atoms with Gasteiger partial charge in [0.1, 0.15) is 0 Å². The molecule has 7 nitrogen and oxygen atoms in total. The van der Waals surface area contributed by atoms with Crippen LogP contribution in [0.25, 0.3) is 0 Å². The van der Waals surface area contributed by atoms with Gasteiger partial charge in [-0.15, -0.1) is 0 Å². The van der Waals surface area contributed by atoms with Crippen molar-refractivity contribution in [3.63, 3.8) is 0 Å². The highest BCUT2D eigenvalue weighted by Crippen LogP contribution is 2.33. The maximum Gasteiger partial charge on any atom is 0.242 e. The number of hydrogen-bond acceptors (Lipinski definition) is 5. The van der Waals surface area contributed by atoms with Crippen LogP contribution in [0.1, 0.15) is 5.56 Å². The molecule has 0 saturated carbocycles. The Morgan fingerprint density at radius 3 is 2.15 bits per heavy atom. The lowest BCUT2D eigenvalue weighted by Gasteiger charge is -2.13. The molecular formula is C18H21BrN2O5S. The number of rotatable bonds is 7. The van der Waals surface area contributed by atoms with Gasteiger partial charge in [0.25, 0.3) is 0 Å². The quantitative estimate of drug-likeness (QED) is 0.691. The number of hydrogen-bond donors (Lipinski definition) is 1. The maximum atomic E-state index is 12.3. The fourth-order valence-corrected chi connectivity index (χ4v) is 3.70. The summed E-state index contributed by atoms with van der Waals surface area (Å²) in [7, 11) is 2.49. The summed E-state index contributed by atoms with van der Waals surface area (Å²) in [6.45, 7) is 0. The van der Waals surface area contributed by atoms with Gasteiger partial charge in [0.2, 0.25) is 15.9 Å². The van der Waals surface area contributed by atoms with Gasteiger partial charge < -0.3 is 14.8 Å². The summed E-state index contributed by atoms with van der Waals surface area (Å²) in [4.78, 5) is 12.5. The van der Waals surface area contributed by atoms with Gasteiger partial charge in [-0.25, -0.2) is 12.7 Å². The molecule has 0 aliphatic carbocycles. The van der Waals surface area contributed by atoms with E-state index in [1.807, 2.05) is 0 Å². The molecule has 0 radical (unpaired) electrons. The zero-order valence-corrected chi connectivity index (χ0v) is 17.8. The lowest BCUT2D eigenvalue weighted by atomic mass is 10.1. The van der Waals surface area contributed by atoms with E-state index in [2.05, 4.69) is 21.2 Å². The van der Waals surface area contributed by atoms with Crippen molar-refractivity contribution in [1.29, 1.82) is 0 Å². The van der Waals surface area contributed by atoms with Crippen molar-refractivity contribution in [3.05, 3.63) is 46.4 Å². The molecule has 0 heterocycles. The molecule has 1 amide bonds. The third-order valence-electron chi connectivity index (χ3n) is 3.82. The van der Waals surface area contributed by atoms with Crippen LogP contribution < -0.4 is 14.8 Å². The molecule has 0 aliphatic heterocycles. The molecule has 0 atom stereocenters. The highest BCUT2D eigenvalue weighted by atomic mass is 79.9. The van der Waals surface area contributed by atoms with Gasteiger partial charge in [-0.3, -0.25) is 4.79 Å². The van der Waals surface area contributed by atoms with Crippen LogP contribution in [-0.4, -0.2) is 46.9 Å². The lowest BCUT2D eigenvalue weighted by Crippen LogP contribution is -2.22. The van der Waals surface area contributed by atoms with E-state index in [0.29, 0.717) is 17.2 Å². The van der Waals surface area contributed by atoms with Crippen molar-refractivity contribution in [2.24, 2.45) is 0 Å². The number of nitrogens with one attached hydrogen (secondary N) is 1. The van der Waals surface area contributed by atoms with Crippen LogP contribution in [0.2, 0.25) is 0 Å². The number of amides is 1. The summed E-state index contributed by atoms with van der Waals surface area (Å²) in [5.41, 5.74) is 1.24. The number of sulfonamides is 1. The Hall–Kier alpha value is -2.10.